The highest BCUT2D eigenvalue weighted by Gasteiger charge is 2.15. The van der Waals surface area contributed by atoms with Crippen molar-refractivity contribution in [1.29, 1.82) is 0 Å². The molecule has 2 aromatic carbocycles. The monoisotopic (exact) mass is 427 g/mol. The van der Waals surface area contributed by atoms with Gasteiger partial charge in [0.05, 0.1) is 31.0 Å². The Morgan fingerprint density at radius 2 is 1.65 bits per heavy atom. The molecule has 31 heavy (non-hydrogen) atoms. The summed E-state index contributed by atoms with van der Waals surface area (Å²) in [6, 6.07) is 12.0. The van der Waals surface area contributed by atoms with Crippen molar-refractivity contribution in [2.24, 2.45) is 0 Å². The van der Waals surface area contributed by atoms with Gasteiger partial charge in [0.1, 0.15) is 37.1 Å². The number of methoxy groups -OCH3 is 2. The number of hydrogen-bond donors (Lipinski definition) is 0. The molecule has 0 saturated heterocycles. The lowest BCUT2D eigenvalue weighted by Gasteiger charge is -2.12. The van der Waals surface area contributed by atoms with Gasteiger partial charge in [0.25, 0.3) is 0 Å². The minimum Gasteiger partial charge on any atom is -0.497 e. The fourth-order valence-electron chi connectivity index (χ4n) is 2.82. The van der Waals surface area contributed by atoms with Crippen molar-refractivity contribution in [3.63, 3.8) is 0 Å². The Hall–Kier alpha value is -3.68. The SMILES string of the molecule is COc1ccc(OCCOC(=O)c2ccc(OCc3c(C)noc3C)c(OC)c2)cc1. The van der Waals surface area contributed by atoms with E-state index in [1.165, 1.54) is 7.11 Å². The lowest BCUT2D eigenvalue weighted by molar-refractivity contribution is 0.0450. The van der Waals surface area contributed by atoms with Crippen LogP contribution in [0.5, 0.6) is 23.0 Å². The standard InChI is InChI=1S/C23H25NO7/c1-15-20(16(2)31-24-15)14-30-21-10-5-17(13-22(21)27-4)23(25)29-12-11-28-19-8-6-18(26-3)7-9-19/h5-10,13H,11-12,14H2,1-4H3. The van der Waals surface area contributed by atoms with Gasteiger partial charge >= 0.3 is 5.97 Å². The van der Waals surface area contributed by atoms with Crippen molar-refractivity contribution in [2.45, 2.75) is 20.5 Å². The summed E-state index contributed by atoms with van der Waals surface area (Å²) >= 11 is 0. The van der Waals surface area contributed by atoms with Crippen LogP contribution >= 0.6 is 0 Å². The van der Waals surface area contributed by atoms with Crippen molar-refractivity contribution >= 4 is 5.97 Å². The molecule has 0 saturated carbocycles. The van der Waals surface area contributed by atoms with Gasteiger partial charge in [-0.3, -0.25) is 0 Å². The molecule has 3 rings (SSSR count). The molecule has 8 nitrogen and oxygen atoms in total. The Morgan fingerprint density at radius 3 is 2.29 bits per heavy atom. The molecule has 0 spiro atoms. The number of benzene rings is 2. The summed E-state index contributed by atoms with van der Waals surface area (Å²) in [5, 5.41) is 3.91. The first kappa shape index (κ1) is 22.0. The van der Waals surface area contributed by atoms with E-state index < -0.39 is 5.97 Å². The number of aromatic nitrogens is 1. The molecule has 0 fully saturated rings. The molecule has 8 heteroatoms. The van der Waals surface area contributed by atoms with Gasteiger partial charge in [-0.05, 0) is 56.3 Å². The van der Waals surface area contributed by atoms with Crippen LogP contribution in [0.2, 0.25) is 0 Å². The predicted molar refractivity (Wildman–Crippen MR) is 112 cm³/mol. The first-order valence-corrected chi connectivity index (χ1v) is 9.68. The molecule has 0 aliphatic rings. The van der Waals surface area contributed by atoms with Gasteiger partial charge in [-0.25, -0.2) is 4.79 Å². The molecule has 0 atom stereocenters. The highest BCUT2D eigenvalue weighted by molar-refractivity contribution is 5.90. The lowest BCUT2D eigenvalue weighted by Crippen LogP contribution is -2.12. The largest absolute Gasteiger partial charge is 0.497 e. The molecule has 0 aliphatic carbocycles. The van der Waals surface area contributed by atoms with E-state index in [0.717, 1.165) is 17.0 Å². The maximum Gasteiger partial charge on any atom is 0.338 e. The van der Waals surface area contributed by atoms with Gasteiger partial charge in [0.15, 0.2) is 11.5 Å². The minimum atomic E-state index is -0.478. The Bertz CT molecular complexity index is 992. The van der Waals surface area contributed by atoms with Crippen LogP contribution in [0.1, 0.15) is 27.4 Å². The number of carbonyl (C=O) groups is 1. The van der Waals surface area contributed by atoms with E-state index in [-0.39, 0.29) is 19.8 Å². The number of ether oxygens (including phenoxy) is 5. The van der Waals surface area contributed by atoms with Crippen LogP contribution in [-0.2, 0) is 11.3 Å². The van der Waals surface area contributed by atoms with Gasteiger partial charge in [-0.15, -0.1) is 0 Å². The molecular weight excluding hydrogens is 402 g/mol. The average Bonchev–Trinajstić information content (AvgIpc) is 3.12. The van der Waals surface area contributed by atoms with Gasteiger partial charge in [-0.1, -0.05) is 5.16 Å². The first-order chi connectivity index (χ1) is 15.0. The number of carbonyl (C=O) groups excluding carboxylic acids is 1. The summed E-state index contributed by atoms with van der Waals surface area (Å²) in [4.78, 5) is 12.3. The third-order valence-electron chi connectivity index (χ3n) is 4.60. The predicted octanol–water partition coefficient (Wildman–Crippen LogP) is 4.12. The Morgan fingerprint density at radius 1 is 0.903 bits per heavy atom. The number of rotatable bonds is 10. The molecule has 1 aromatic heterocycles. The fourth-order valence-corrected chi connectivity index (χ4v) is 2.82. The normalized spacial score (nSPS) is 10.5. The van der Waals surface area contributed by atoms with Crippen LogP contribution in [0.15, 0.2) is 47.0 Å². The number of aryl methyl sites for hydroxylation is 2. The number of hydrogen-bond acceptors (Lipinski definition) is 8. The summed E-state index contributed by atoms with van der Waals surface area (Å²) < 4.78 is 32.3. The summed E-state index contributed by atoms with van der Waals surface area (Å²) in [6.07, 6.45) is 0. The van der Waals surface area contributed by atoms with Gasteiger partial charge in [0.2, 0.25) is 0 Å². The summed E-state index contributed by atoms with van der Waals surface area (Å²) in [5.41, 5.74) is 2.00. The Labute approximate surface area is 180 Å². The second-order valence-electron chi connectivity index (χ2n) is 6.62. The molecule has 0 amide bonds. The molecular formula is C23H25NO7. The number of nitrogens with zero attached hydrogens (tertiary/aromatic N) is 1. The van der Waals surface area contributed by atoms with Gasteiger partial charge in [0, 0.05) is 0 Å². The maximum absolute atomic E-state index is 12.3. The lowest BCUT2D eigenvalue weighted by atomic mass is 10.2. The average molecular weight is 427 g/mol. The fraction of sp³-hybridized carbons (Fsp3) is 0.304. The summed E-state index contributed by atoms with van der Waals surface area (Å²) in [6.45, 7) is 4.30. The van der Waals surface area contributed by atoms with Crippen LogP contribution in [0, 0.1) is 13.8 Å². The van der Waals surface area contributed by atoms with Crippen molar-refractivity contribution in [2.75, 3.05) is 27.4 Å². The zero-order chi connectivity index (χ0) is 22.2. The van der Waals surface area contributed by atoms with E-state index in [4.69, 9.17) is 28.2 Å². The van der Waals surface area contributed by atoms with Crippen molar-refractivity contribution < 1.29 is 33.0 Å². The molecule has 3 aromatic rings. The zero-order valence-electron chi connectivity index (χ0n) is 18.0. The van der Waals surface area contributed by atoms with Crippen LogP contribution in [0.25, 0.3) is 0 Å². The van der Waals surface area contributed by atoms with Crippen molar-refractivity contribution in [1.82, 2.24) is 5.16 Å². The molecule has 0 unspecified atom stereocenters. The van der Waals surface area contributed by atoms with Crippen LogP contribution in [0.4, 0.5) is 0 Å². The van der Waals surface area contributed by atoms with Crippen LogP contribution < -0.4 is 18.9 Å². The molecule has 0 N–H and O–H groups in total. The zero-order valence-corrected chi connectivity index (χ0v) is 18.0. The quantitative estimate of drug-likeness (QED) is 0.353. The van der Waals surface area contributed by atoms with E-state index in [1.807, 2.05) is 13.8 Å². The highest BCUT2D eigenvalue weighted by Crippen LogP contribution is 2.30. The van der Waals surface area contributed by atoms with Gasteiger partial charge < -0.3 is 28.2 Å². The molecule has 0 aliphatic heterocycles. The Kier molecular flexibility index (Phi) is 7.37. The van der Waals surface area contributed by atoms with Gasteiger partial charge in [-0.2, -0.15) is 0 Å². The van der Waals surface area contributed by atoms with Crippen LogP contribution in [0.3, 0.4) is 0 Å². The Balaban J connectivity index is 1.52. The molecule has 1 heterocycles. The smallest absolute Gasteiger partial charge is 0.338 e. The van der Waals surface area contributed by atoms with Crippen molar-refractivity contribution in [3.8, 4) is 23.0 Å². The first-order valence-electron chi connectivity index (χ1n) is 9.68. The van der Waals surface area contributed by atoms with E-state index >= 15 is 0 Å². The van der Waals surface area contributed by atoms with Crippen molar-refractivity contribution in [3.05, 3.63) is 65.0 Å². The summed E-state index contributed by atoms with van der Waals surface area (Å²) in [5.74, 6) is 2.56. The topological polar surface area (TPSA) is 89.3 Å². The van der Waals surface area contributed by atoms with E-state index in [0.29, 0.717) is 28.6 Å². The minimum absolute atomic E-state index is 0.109. The van der Waals surface area contributed by atoms with Crippen LogP contribution in [-0.4, -0.2) is 38.6 Å². The van der Waals surface area contributed by atoms with E-state index in [9.17, 15) is 4.79 Å². The number of esters is 1. The third-order valence-corrected chi connectivity index (χ3v) is 4.60. The molecule has 164 valence electrons. The maximum atomic E-state index is 12.3. The molecule has 0 bridgehead atoms. The summed E-state index contributed by atoms with van der Waals surface area (Å²) in [7, 11) is 3.11. The van der Waals surface area contributed by atoms with E-state index in [1.54, 1.807) is 49.6 Å². The van der Waals surface area contributed by atoms with E-state index in [2.05, 4.69) is 5.16 Å². The second kappa shape index (κ2) is 10.4. The highest BCUT2D eigenvalue weighted by atomic mass is 16.6. The third kappa shape index (κ3) is 5.69. The second-order valence-corrected chi connectivity index (χ2v) is 6.62. The molecule has 0 radical (unpaired) electrons.